The molecule has 0 spiro atoms. The molecule has 182 valence electrons. The van der Waals surface area contributed by atoms with Gasteiger partial charge < -0.3 is 14.7 Å². The van der Waals surface area contributed by atoms with Crippen LogP contribution in [0.25, 0.3) is 0 Å². The largest absolute Gasteiger partial charge is 0.453 e. The van der Waals surface area contributed by atoms with Crippen LogP contribution in [0.15, 0.2) is 60.7 Å². The number of aliphatic hydroxyl groups is 1. The molecule has 0 bridgehead atoms. The molecule has 1 N–H and O–H groups in total. The highest BCUT2D eigenvalue weighted by Crippen LogP contribution is 2.32. The lowest BCUT2D eigenvalue weighted by molar-refractivity contribution is -0.167. The molecule has 1 amide bonds. The second-order valence-electron chi connectivity index (χ2n) is 9.17. The van der Waals surface area contributed by atoms with Gasteiger partial charge in [-0.15, -0.1) is 0 Å². The number of nitrogens with zero attached hydrogens (tertiary/aromatic N) is 1. The Bertz CT molecular complexity index is 1060. The molecule has 34 heavy (non-hydrogen) atoms. The van der Waals surface area contributed by atoms with Gasteiger partial charge in [0.05, 0.1) is 11.5 Å². The van der Waals surface area contributed by atoms with Crippen LogP contribution in [-0.4, -0.2) is 60.5 Å². The van der Waals surface area contributed by atoms with E-state index in [0.29, 0.717) is 17.5 Å². The fraction of sp³-hybridized carbons (Fsp3) is 0.462. The van der Waals surface area contributed by atoms with Crippen molar-refractivity contribution in [3.05, 3.63) is 71.8 Å². The van der Waals surface area contributed by atoms with Gasteiger partial charge in [-0.3, -0.25) is 4.79 Å². The number of esters is 1. The minimum atomic E-state index is -3.18. The zero-order valence-electron chi connectivity index (χ0n) is 19.1. The molecule has 2 fully saturated rings. The van der Waals surface area contributed by atoms with Crippen LogP contribution in [-0.2, 0) is 29.8 Å². The van der Waals surface area contributed by atoms with E-state index in [-0.39, 0.29) is 17.5 Å². The summed E-state index contributed by atoms with van der Waals surface area (Å²) in [4.78, 5) is 28.2. The van der Waals surface area contributed by atoms with Crippen molar-refractivity contribution >= 4 is 21.7 Å². The number of carbonyl (C=O) groups is 2. The third-order valence-corrected chi connectivity index (χ3v) is 8.61. The fourth-order valence-electron chi connectivity index (χ4n) is 5.13. The molecule has 2 aromatic carbocycles. The Balaban J connectivity index is 1.54. The van der Waals surface area contributed by atoms with Gasteiger partial charge in [0.25, 0.3) is 5.91 Å². The predicted molar refractivity (Wildman–Crippen MR) is 128 cm³/mol. The first kappa shape index (κ1) is 24.4. The van der Waals surface area contributed by atoms with E-state index in [0.717, 1.165) is 32.1 Å². The number of sulfone groups is 1. The third kappa shape index (κ3) is 5.18. The monoisotopic (exact) mass is 485 g/mol. The Morgan fingerprint density at radius 1 is 0.882 bits per heavy atom. The van der Waals surface area contributed by atoms with E-state index in [1.54, 1.807) is 65.6 Å². The molecule has 0 aromatic heterocycles. The summed E-state index contributed by atoms with van der Waals surface area (Å²) in [6.07, 6.45) is 5.08. The third-order valence-electron chi connectivity index (χ3n) is 6.86. The quantitative estimate of drug-likeness (QED) is 0.606. The first-order valence-corrected chi connectivity index (χ1v) is 13.7. The molecule has 0 radical (unpaired) electrons. The average molecular weight is 486 g/mol. The van der Waals surface area contributed by atoms with Crippen molar-refractivity contribution in [3.8, 4) is 0 Å². The molecule has 8 heteroatoms. The van der Waals surface area contributed by atoms with Crippen LogP contribution < -0.4 is 0 Å². The van der Waals surface area contributed by atoms with E-state index in [1.807, 2.05) is 0 Å². The maximum Gasteiger partial charge on any atom is 0.348 e. The second kappa shape index (κ2) is 10.3. The summed E-state index contributed by atoms with van der Waals surface area (Å²) in [5.41, 5.74) is -1.40. The topological polar surface area (TPSA) is 101 Å². The number of amides is 1. The predicted octanol–water partition coefficient (Wildman–Crippen LogP) is 2.81. The van der Waals surface area contributed by atoms with Gasteiger partial charge in [0.15, 0.2) is 16.4 Å². The molecule has 1 aliphatic carbocycles. The maximum atomic E-state index is 13.3. The van der Waals surface area contributed by atoms with E-state index in [4.69, 9.17) is 4.74 Å². The summed E-state index contributed by atoms with van der Waals surface area (Å²) in [5, 5.41) is 11.5. The Morgan fingerprint density at radius 2 is 1.44 bits per heavy atom. The number of hydrogen-bond donors (Lipinski definition) is 1. The number of ether oxygens (including phenoxy) is 1. The molecule has 1 atom stereocenters. The summed E-state index contributed by atoms with van der Waals surface area (Å²) < 4.78 is 29.6. The van der Waals surface area contributed by atoms with Crippen LogP contribution in [0.3, 0.4) is 0 Å². The number of carbonyl (C=O) groups excluding carboxylic acids is 2. The number of rotatable bonds is 7. The smallest absolute Gasteiger partial charge is 0.348 e. The zero-order chi connectivity index (χ0) is 24.2. The van der Waals surface area contributed by atoms with Crippen LogP contribution in [0.4, 0.5) is 0 Å². The molecule has 1 aliphatic heterocycles. The van der Waals surface area contributed by atoms with E-state index in [2.05, 4.69) is 0 Å². The number of hydrogen-bond acceptors (Lipinski definition) is 6. The fourth-order valence-corrected chi connectivity index (χ4v) is 6.84. The Labute approximate surface area is 200 Å². The molecular formula is C26H31NO6S. The van der Waals surface area contributed by atoms with E-state index < -0.39 is 40.0 Å². The first-order chi connectivity index (χ1) is 16.3. The summed E-state index contributed by atoms with van der Waals surface area (Å²) in [6, 6.07) is 16.5. The van der Waals surface area contributed by atoms with Gasteiger partial charge >= 0.3 is 5.97 Å². The van der Waals surface area contributed by atoms with Gasteiger partial charge in [-0.1, -0.05) is 79.9 Å². The lowest BCUT2D eigenvalue weighted by Crippen LogP contribution is -2.50. The van der Waals surface area contributed by atoms with Crippen molar-refractivity contribution in [2.45, 2.75) is 56.2 Å². The Kier molecular flexibility index (Phi) is 7.38. The van der Waals surface area contributed by atoms with E-state index >= 15 is 0 Å². The highest BCUT2D eigenvalue weighted by Gasteiger charge is 2.43. The molecule has 1 saturated heterocycles. The van der Waals surface area contributed by atoms with Crippen LogP contribution in [0, 0.1) is 0 Å². The van der Waals surface area contributed by atoms with Gasteiger partial charge in [-0.05, 0) is 30.4 Å². The molecule has 7 nitrogen and oxygen atoms in total. The SMILES string of the molecule is O=C(COC(=O)C(O)(c1ccccc1)c1ccccc1)N(C1CCCCC1)C1CCS(=O)(=O)C1. The van der Waals surface area contributed by atoms with Gasteiger partial charge in [0.2, 0.25) is 5.60 Å². The lowest BCUT2D eigenvalue weighted by atomic mass is 9.86. The van der Waals surface area contributed by atoms with E-state index in [9.17, 15) is 23.1 Å². The van der Waals surface area contributed by atoms with Crippen LogP contribution in [0.1, 0.15) is 49.7 Å². The summed E-state index contributed by atoms with van der Waals surface area (Å²) in [6.45, 7) is -0.548. The molecule has 4 rings (SSSR count). The summed E-state index contributed by atoms with van der Waals surface area (Å²) in [7, 11) is -3.18. The van der Waals surface area contributed by atoms with Crippen LogP contribution in [0.2, 0.25) is 0 Å². The normalized spacial score (nSPS) is 20.6. The maximum absolute atomic E-state index is 13.3. The second-order valence-corrected chi connectivity index (χ2v) is 11.4. The van der Waals surface area contributed by atoms with Crippen molar-refractivity contribution in [1.82, 2.24) is 4.90 Å². The zero-order valence-corrected chi connectivity index (χ0v) is 20.0. The molecule has 1 saturated carbocycles. The standard InChI is InChI=1S/C26H31NO6S/c28-24(27(22-14-8-3-9-15-22)23-16-17-34(31,32)19-23)18-33-25(29)26(30,20-10-4-1-5-11-20)21-12-6-2-7-13-21/h1-2,4-7,10-13,22-23,30H,3,8-9,14-19H2. The van der Waals surface area contributed by atoms with E-state index in [1.165, 1.54) is 0 Å². The van der Waals surface area contributed by atoms with Gasteiger partial charge in [-0.2, -0.15) is 0 Å². The van der Waals surface area contributed by atoms with Crippen molar-refractivity contribution in [3.63, 3.8) is 0 Å². The number of benzene rings is 2. The van der Waals surface area contributed by atoms with Crippen LogP contribution >= 0.6 is 0 Å². The minimum absolute atomic E-state index is 0.0544. The van der Waals surface area contributed by atoms with Crippen molar-refractivity contribution in [2.75, 3.05) is 18.1 Å². The highest BCUT2D eigenvalue weighted by molar-refractivity contribution is 7.91. The first-order valence-electron chi connectivity index (χ1n) is 11.8. The van der Waals surface area contributed by atoms with Gasteiger partial charge in [0.1, 0.15) is 0 Å². The van der Waals surface area contributed by atoms with Crippen LogP contribution in [0.5, 0.6) is 0 Å². The molecule has 1 heterocycles. The summed E-state index contributed by atoms with van der Waals surface area (Å²) in [5.74, 6) is -1.34. The Morgan fingerprint density at radius 3 is 1.94 bits per heavy atom. The summed E-state index contributed by atoms with van der Waals surface area (Å²) >= 11 is 0. The minimum Gasteiger partial charge on any atom is -0.453 e. The molecule has 1 unspecified atom stereocenters. The van der Waals surface area contributed by atoms with Crippen molar-refractivity contribution in [2.24, 2.45) is 0 Å². The van der Waals surface area contributed by atoms with Crippen molar-refractivity contribution in [1.29, 1.82) is 0 Å². The average Bonchev–Trinajstić information content (AvgIpc) is 3.22. The molecular weight excluding hydrogens is 454 g/mol. The molecule has 2 aliphatic rings. The lowest BCUT2D eigenvalue weighted by Gasteiger charge is -2.38. The Hall–Kier alpha value is -2.71. The van der Waals surface area contributed by atoms with Gasteiger partial charge in [-0.25, -0.2) is 13.2 Å². The van der Waals surface area contributed by atoms with Gasteiger partial charge in [0, 0.05) is 12.1 Å². The van der Waals surface area contributed by atoms with Crippen molar-refractivity contribution < 1.29 is 27.9 Å². The molecule has 2 aromatic rings. The highest BCUT2D eigenvalue weighted by atomic mass is 32.2.